The fraction of sp³-hybridized carbons (Fsp3) is 0.500. The Morgan fingerprint density at radius 3 is 1.92 bits per heavy atom. The summed E-state index contributed by atoms with van der Waals surface area (Å²) in [5, 5.41) is 18.6. The molecule has 0 spiro atoms. The van der Waals surface area contributed by atoms with Crippen molar-refractivity contribution in [2.24, 2.45) is 5.73 Å². The van der Waals surface area contributed by atoms with Gasteiger partial charge >= 0.3 is 0 Å². The van der Waals surface area contributed by atoms with Gasteiger partial charge < -0.3 is 15.9 Å². The Balaban J connectivity index is 4.19. The highest BCUT2D eigenvalue weighted by atomic mass is 16.3. The molecule has 0 amide bonds. The van der Waals surface area contributed by atoms with Gasteiger partial charge in [0.2, 0.25) is 0 Å². The standard InChI is InChI=1S/C8H16N2O2/c1-3-7(11)10(6-5-9)8(12)4-2/h3-4,7-8,11-12H,1-2,5-6,9H2. The molecule has 4 N–H and O–H groups in total. The van der Waals surface area contributed by atoms with E-state index in [0.717, 1.165) is 0 Å². The zero-order valence-electron chi connectivity index (χ0n) is 7.06. The van der Waals surface area contributed by atoms with Gasteiger partial charge in [-0.15, -0.1) is 0 Å². The summed E-state index contributed by atoms with van der Waals surface area (Å²) in [6.45, 7) is 7.55. The van der Waals surface area contributed by atoms with Crippen molar-refractivity contribution < 1.29 is 10.2 Å². The predicted molar refractivity (Wildman–Crippen MR) is 48.2 cm³/mol. The topological polar surface area (TPSA) is 69.7 Å². The molecule has 0 fully saturated rings. The van der Waals surface area contributed by atoms with E-state index in [4.69, 9.17) is 5.73 Å². The predicted octanol–water partition coefficient (Wildman–Crippen LogP) is -0.744. The minimum absolute atomic E-state index is 0.357. The normalized spacial score (nSPS) is 15.7. The van der Waals surface area contributed by atoms with Gasteiger partial charge in [-0.1, -0.05) is 13.2 Å². The maximum atomic E-state index is 9.29. The first-order chi connectivity index (χ1) is 5.67. The van der Waals surface area contributed by atoms with Crippen LogP contribution in [-0.4, -0.2) is 40.7 Å². The fourth-order valence-corrected chi connectivity index (χ4v) is 0.841. The van der Waals surface area contributed by atoms with E-state index in [1.807, 2.05) is 0 Å². The van der Waals surface area contributed by atoms with Crippen LogP contribution >= 0.6 is 0 Å². The second-order valence-electron chi connectivity index (χ2n) is 2.33. The maximum absolute atomic E-state index is 9.29. The molecule has 4 heteroatoms. The zero-order chi connectivity index (χ0) is 9.56. The third-order valence-electron chi connectivity index (χ3n) is 1.49. The number of rotatable bonds is 6. The Morgan fingerprint density at radius 2 is 1.67 bits per heavy atom. The van der Waals surface area contributed by atoms with Crippen molar-refractivity contribution in [1.82, 2.24) is 4.90 Å². The van der Waals surface area contributed by atoms with Crippen molar-refractivity contribution >= 4 is 0 Å². The zero-order valence-corrected chi connectivity index (χ0v) is 7.06. The summed E-state index contributed by atoms with van der Waals surface area (Å²) >= 11 is 0. The minimum atomic E-state index is -0.887. The lowest BCUT2D eigenvalue weighted by Crippen LogP contribution is -2.43. The van der Waals surface area contributed by atoms with Gasteiger partial charge in [0.15, 0.2) is 0 Å². The van der Waals surface area contributed by atoms with E-state index in [-0.39, 0.29) is 0 Å². The number of hydrogen-bond donors (Lipinski definition) is 3. The molecule has 12 heavy (non-hydrogen) atoms. The average Bonchev–Trinajstić information content (AvgIpc) is 2.11. The van der Waals surface area contributed by atoms with Gasteiger partial charge in [-0.3, -0.25) is 0 Å². The molecule has 2 unspecified atom stereocenters. The van der Waals surface area contributed by atoms with Crippen LogP contribution in [0.2, 0.25) is 0 Å². The van der Waals surface area contributed by atoms with E-state index in [9.17, 15) is 10.2 Å². The molecule has 2 atom stereocenters. The first-order valence-electron chi connectivity index (χ1n) is 3.74. The van der Waals surface area contributed by atoms with Crippen molar-refractivity contribution in [3.8, 4) is 0 Å². The van der Waals surface area contributed by atoms with E-state index in [2.05, 4.69) is 13.2 Å². The lowest BCUT2D eigenvalue weighted by Gasteiger charge is -2.27. The van der Waals surface area contributed by atoms with Crippen LogP contribution in [0.15, 0.2) is 25.3 Å². The maximum Gasteiger partial charge on any atom is 0.128 e. The molecule has 0 aromatic heterocycles. The van der Waals surface area contributed by atoms with E-state index in [1.165, 1.54) is 17.1 Å². The number of aliphatic hydroxyl groups is 2. The quantitative estimate of drug-likeness (QED) is 0.364. The van der Waals surface area contributed by atoms with Gasteiger partial charge in [-0.2, -0.15) is 0 Å². The molecular formula is C8H16N2O2. The Kier molecular flexibility index (Phi) is 5.57. The van der Waals surface area contributed by atoms with E-state index in [1.54, 1.807) is 0 Å². The molecule has 4 nitrogen and oxygen atoms in total. The van der Waals surface area contributed by atoms with Crippen LogP contribution in [0, 0.1) is 0 Å². The SMILES string of the molecule is C=CC(O)N(CCN)C(O)C=C. The van der Waals surface area contributed by atoms with Crippen LogP contribution < -0.4 is 5.73 Å². The van der Waals surface area contributed by atoms with Crippen molar-refractivity contribution in [2.45, 2.75) is 12.5 Å². The molecule has 0 rings (SSSR count). The van der Waals surface area contributed by atoms with Crippen LogP contribution in [0.1, 0.15) is 0 Å². The lowest BCUT2D eigenvalue weighted by molar-refractivity contribution is -0.0536. The fourth-order valence-electron chi connectivity index (χ4n) is 0.841. The summed E-state index contributed by atoms with van der Waals surface area (Å²) in [4.78, 5) is 1.38. The van der Waals surface area contributed by atoms with Gasteiger partial charge in [0.25, 0.3) is 0 Å². The third kappa shape index (κ3) is 3.15. The van der Waals surface area contributed by atoms with E-state index < -0.39 is 12.5 Å². The Morgan fingerprint density at radius 1 is 1.25 bits per heavy atom. The van der Waals surface area contributed by atoms with Crippen molar-refractivity contribution in [1.29, 1.82) is 0 Å². The molecule has 0 bridgehead atoms. The van der Waals surface area contributed by atoms with Crippen molar-refractivity contribution in [3.05, 3.63) is 25.3 Å². The Labute approximate surface area is 72.6 Å². The molecule has 0 saturated heterocycles. The molecule has 0 aliphatic carbocycles. The van der Waals surface area contributed by atoms with Crippen molar-refractivity contribution in [2.75, 3.05) is 13.1 Å². The molecule has 0 aromatic rings. The number of nitrogens with zero attached hydrogens (tertiary/aromatic N) is 1. The first-order valence-corrected chi connectivity index (χ1v) is 3.74. The highest BCUT2D eigenvalue weighted by Gasteiger charge is 2.16. The first kappa shape index (κ1) is 11.3. The summed E-state index contributed by atoms with van der Waals surface area (Å²) in [6.07, 6.45) is 0.869. The Hall–Kier alpha value is -0.680. The molecule has 0 saturated carbocycles. The molecule has 0 aliphatic heterocycles. The molecule has 0 aliphatic rings. The van der Waals surface area contributed by atoms with Crippen LogP contribution in [-0.2, 0) is 0 Å². The second kappa shape index (κ2) is 5.91. The smallest absolute Gasteiger partial charge is 0.128 e. The van der Waals surface area contributed by atoms with E-state index >= 15 is 0 Å². The largest absolute Gasteiger partial charge is 0.375 e. The number of nitrogens with two attached hydrogens (primary N) is 1. The second-order valence-corrected chi connectivity index (χ2v) is 2.33. The summed E-state index contributed by atoms with van der Waals surface area (Å²) in [5.74, 6) is 0. The number of hydrogen-bond acceptors (Lipinski definition) is 4. The molecule has 0 aromatic carbocycles. The summed E-state index contributed by atoms with van der Waals surface area (Å²) in [5.41, 5.74) is 5.28. The molecule has 0 heterocycles. The van der Waals surface area contributed by atoms with Crippen LogP contribution in [0.3, 0.4) is 0 Å². The van der Waals surface area contributed by atoms with Gasteiger partial charge in [0, 0.05) is 13.1 Å². The number of aliphatic hydroxyl groups excluding tert-OH is 2. The van der Waals surface area contributed by atoms with Gasteiger partial charge in [-0.25, -0.2) is 4.90 Å². The van der Waals surface area contributed by atoms with Crippen molar-refractivity contribution in [3.63, 3.8) is 0 Å². The van der Waals surface area contributed by atoms with Gasteiger partial charge in [0.05, 0.1) is 0 Å². The average molecular weight is 172 g/mol. The van der Waals surface area contributed by atoms with E-state index in [0.29, 0.717) is 13.1 Å². The summed E-state index contributed by atoms with van der Waals surface area (Å²) in [7, 11) is 0. The Bertz CT molecular complexity index is 136. The molecule has 70 valence electrons. The lowest BCUT2D eigenvalue weighted by atomic mass is 10.3. The monoisotopic (exact) mass is 172 g/mol. The van der Waals surface area contributed by atoms with Crippen LogP contribution in [0.4, 0.5) is 0 Å². The minimum Gasteiger partial charge on any atom is -0.375 e. The summed E-state index contributed by atoms with van der Waals surface area (Å²) < 4.78 is 0. The van der Waals surface area contributed by atoms with Crippen LogP contribution in [0.25, 0.3) is 0 Å². The van der Waals surface area contributed by atoms with Gasteiger partial charge in [0.1, 0.15) is 12.5 Å². The summed E-state index contributed by atoms with van der Waals surface area (Å²) in [6, 6.07) is 0. The molecule has 0 radical (unpaired) electrons. The highest BCUT2D eigenvalue weighted by molar-refractivity contribution is 4.86. The van der Waals surface area contributed by atoms with Gasteiger partial charge in [-0.05, 0) is 12.2 Å². The highest BCUT2D eigenvalue weighted by Crippen LogP contribution is 2.02. The molecular weight excluding hydrogens is 156 g/mol. The third-order valence-corrected chi connectivity index (χ3v) is 1.49. The van der Waals surface area contributed by atoms with Crippen LogP contribution in [0.5, 0.6) is 0 Å².